The van der Waals surface area contributed by atoms with E-state index in [1.54, 1.807) is 6.92 Å². The topological polar surface area (TPSA) is 20.3 Å². The fraction of sp³-hybridized carbons (Fsp3) is 0.643. The van der Waals surface area contributed by atoms with Crippen LogP contribution in [0.2, 0.25) is 0 Å². The summed E-state index contributed by atoms with van der Waals surface area (Å²) in [7, 11) is 0. The average molecular weight is 286 g/mol. The largest absolute Gasteiger partial charge is 0.337 e. The highest BCUT2D eigenvalue weighted by molar-refractivity contribution is 7.12. The fourth-order valence-electron chi connectivity index (χ4n) is 2.60. The SMILES string of the molecule is CC(=O)N1CCc2c(sc(C)c2CCCCCl)C1. The minimum absolute atomic E-state index is 0.190. The van der Waals surface area contributed by atoms with Crippen LogP contribution < -0.4 is 0 Å². The average Bonchev–Trinajstić information content (AvgIpc) is 2.65. The van der Waals surface area contributed by atoms with Crippen molar-refractivity contribution in [2.24, 2.45) is 0 Å². The minimum Gasteiger partial charge on any atom is -0.337 e. The molecule has 0 fully saturated rings. The Balaban J connectivity index is 2.13. The van der Waals surface area contributed by atoms with Crippen LogP contribution in [0, 0.1) is 6.92 Å². The van der Waals surface area contributed by atoms with Crippen molar-refractivity contribution < 1.29 is 4.79 Å². The molecule has 0 saturated carbocycles. The van der Waals surface area contributed by atoms with Crippen LogP contribution in [0.25, 0.3) is 0 Å². The molecule has 100 valence electrons. The first-order chi connectivity index (χ1) is 8.63. The van der Waals surface area contributed by atoms with Gasteiger partial charge in [-0.05, 0) is 43.7 Å². The van der Waals surface area contributed by atoms with Crippen molar-refractivity contribution in [2.45, 2.75) is 46.1 Å². The molecular weight excluding hydrogens is 266 g/mol. The van der Waals surface area contributed by atoms with Gasteiger partial charge in [-0.2, -0.15) is 0 Å². The van der Waals surface area contributed by atoms with Gasteiger partial charge in [-0.15, -0.1) is 22.9 Å². The van der Waals surface area contributed by atoms with Crippen LogP contribution in [0.15, 0.2) is 0 Å². The Bertz CT molecular complexity index is 441. The highest BCUT2D eigenvalue weighted by Gasteiger charge is 2.23. The quantitative estimate of drug-likeness (QED) is 0.612. The van der Waals surface area contributed by atoms with E-state index in [-0.39, 0.29) is 5.91 Å². The summed E-state index contributed by atoms with van der Waals surface area (Å²) in [6.45, 7) is 5.55. The number of alkyl halides is 1. The Kier molecular flexibility index (Phi) is 4.68. The third-order valence-electron chi connectivity index (χ3n) is 3.62. The number of carbonyl (C=O) groups excluding carboxylic acids is 1. The van der Waals surface area contributed by atoms with Gasteiger partial charge in [0, 0.05) is 29.1 Å². The molecule has 0 aromatic carbocycles. The molecule has 0 radical (unpaired) electrons. The van der Waals surface area contributed by atoms with Crippen molar-refractivity contribution in [1.82, 2.24) is 4.90 Å². The molecular formula is C14H20ClNOS. The lowest BCUT2D eigenvalue weighted by Gasteiger charge is -2.26. The van der Waals surface area contributed by atoms with E-state index in [9.17, 15) is 4.79 Å². The molecule has 0 aliphatic carbocycles. The number of fused-ring (bicyclic) bond motifs is 1. The summed E-state index contributed by atoms with van der Waals surface area (Å²) in [5.41, 5.74) is 3.05. The zero-order valence-electron chi connectivity index (χ0n) is 11.1. The van der Waals surface area contributed by atoms with E-state index in [1.807, 2.05) is 16.2 Å². The Hall–Kier alpha value is -0.540. The number of thiophene rings is 1. The predicted octanol–water partition coefficient (Wildman–Crippen LogP) is 3.52. The molecule has 0 unspecified atom stereocenters. The molecule has 18 heavy (non-hydrogen) atoms. The number of amides is 1. The number of carbonyl (C=O) groups is 1. The second-order valence-electron chi connectivity index (χ2n) is 4.88. The number of halogens is 1. The maximum Gasteiger partial charge on any atom is 0.219 e. The summed E-state index contributed by atoms with van der Waals surface area (Å²) in [4.78, 5) is 16.2. The smallest absolute Gasteiger partial charge is 0.219 e. The van der Waals surface area contributed by atoms with Crippen molar-refractivity contribution in [1.29, 1.82) is 0 Å². The van der Waals surface area contributed by atoms with E-state index in [2.05, 4.69) is 6.92 Å². The molecule has 1 amide bonds. The molecule has 1 aliphatic heterocycles. The molecule has 1 aromatic rings. The lowest BCUT2D eigenvalue weighted by Crippen LogP contribution is -2.33. The number of hydrogen-bond donors (Lipinski definition) is 0. The summed E-state index contributed by atoms with van der Waals surface area (Å²) in [6.07, 6.45) is 4.43. The number of aryl methyl sites for hydroxylation is 1. The van der Waals surface area contributed by atoms with Gasteiger partial charge in [-0.1, -0.05) is 0 Å². The van der Waals surface area contributed by atoms with Gasteiger partial charge in [0.15, 0.2) is 0 Å². The molecule has 1 aliphatic rings. The van der Waals surface area contributed by atoms with E-state index in [4.69, 9.17) is 11.6 Å². The van der Waals surface area contributed by atoms with Crippen LogP contribution in [-0.4, -0.2) is 23.2 Å². The minimum atomic E-state index is 0.190. The number of rotatable bonds is 4. The van der Waals surface area contributed by atoms with E-state index in [1.165, 1.54) is 27.3 Å². The molecule has 4 heteroatoms. The second-order valence-corrected chi connectivity index (χ2v) is 6.56. The molecule has 1 aromatic heterocycles. The Labute approximate surface area is 118 Å². The van der Waals surface area contributed by atoms with Crippen LogP contribution >= 0.6 is 22.9 Å². The van der Waals surface area contributed by atoms with Gasteiger partial charge < -0.3 is 4.90 Å². The predicted molar refractivity (Wildman–Crippen MR) is 77.5 cm³/mol. The molecule has 2 nitrogen and oxygen atoms in total. The highest BCUT2D eigenvalue weighted by Crippen LogP contribution is 2.33. The Morgan fingerprint density at radius 3 is 2.89 bits per heavy atom. The number of unbranched alkanes of at least 4 members (excludes halogenated alkanes) is 1. The standard InChI is InChI=1S/C14H20ClNOS/c1-10-12(5-3-4-7-15)13-6-8-16(11(2)17)9-14(13)18-10/h3-9H2,1-2H3. The summed E-state index contributed by atoms with van der Waals surface area (Å²) in [5, 5.41) is 0. The van der Waals surface area contributed by atoms with Crippen molar-refractivity contribution >= 4 is 28.8 Å². The molecule has 0 atom stereocenters. The first kappa shape index (κ1) is 13.9. The van der Waals surface area contributed by atoms with Crippen LogP contribution in [0.4, 0.5) is 0 Å². The molecule has 2 heterocycles. The van der Waals surface area contributed by atoms with Crippen LogP contribution in [-0.2, 0) is 24.2 Å². The monoisotopic (exact) mass is 285 g/mol. The molecule has 0 bridgehead atoms. The van der Waals surface area contributed by atoms with Gasteiger partial charge in [0.1, 0.15) is 0 Å². The third kappa shape index (κ3) is 2.89. The normalized spacial score (nSPS) is 14.7. The van der Waals surface area contributed by atoms with E-state index in [0.717, 1.165) is 38.2 Å². The van der Waals surface area contributed by atoms with Gasteiger partial charge in [-0.25, -0.2) is 0 Å². The summed E-state index contributed by atoms with van der Waals surface area (Å²) < 4.78 is 0. The van der Waals surface area contributed by atoms with Gasteiger partial charge in [0.05, 0.1) is 6.54 Å². The third-order valence-corrected chi connectivity index (χ3v) is 5.07. The summed E-state index contributed by atoms with van der Waals surface area (Å²) in [6, 6.07) is 0. The Morgan fingerprint density at radius 1 is 1.44 bits per heavy atom. The molecule has 2 rings (SSSR count). The van der Waals surface area contributed by atoms with E-state index in [0.29, 0.717) is 0 Å². The summed E-state index contributed by atoms with van der Waals surface area (Å²) in [5.74, 6) is 0.944. The van der Waals surface area contributed by atoms with Crippen molar-refractivity contribution in [3.05, 3.63) is 20.9 Å². The first-order valence-corrected chi connectivity index (χ1v) is 7.90. The van der Waals surface area contributed by atoms with Crippen LogP contribution in [0.3, 0.4) is 0 Å². The van der Waals surface area contributed by atoms with Gasteiger partial charge in [0.2, 0.25) is 5.91 Å². The van der Waals surface area contributed by atoms with E-state index < -0.39 is 0 Å². The van der Waals surface area contributed by atoms with Crippen LogP contribution in [0.1, 0.15) is 40.6 Å². The lowest BCUT2D eigenvalue weighted by atomic mass is 9.98. The highest BCUT2D eigenvalue weighted by atomic mass is 35.5. The number of nitrogens with zero attached hydrogens (tertiary/aromatic N) is 1. The van der Waals surface area contributed by atoms with Gasteiger partial charge >= 0.3 is 0 Å². The Morgan fingerprint density at radius 2 is 2.22 bits per heavy atom. The maximum atomic E-state index is 11.4. The number of hydrogen-bond acceptors (Lipinski definition) is 2. The zero-order chi connectivity index (χ0) is 13.1. The van der Waals surface area contributed by atoms with Crippen molar-refractivity contribution in [3.63, 3.8) is 0 Å². The first-order valence-electron chi connectivity index (χ1n) is 6.55. The van der Waals surface area contributed by atoms with E-state index >= 15 is 0 Å². The fourth-order valence-corrected chi connectivity index (χ4v) is 4.07. The summed E-state index contributed by atoms with van der Waals surface area (Å²) >= 11 is 7.61. The zero-order valence-corrected chi connectivity index (χ0v) is 12.7. The second kappa shape index (κ2) is 6.07. The van der Waals surface area contributed by atoms with Crippen molar-refractivity contribution in [2.75, 3.05) is 12.4 Å². The van der Waals surface area contributed by atoms with Crippen molar-refractivity contribution in [3.8, 4) is 0 Å². The molecule has 0 saturated heterocycles. The van der Waals surface area contributed by atoms with Gasteiger partial charge in [-0.3, -0.25) is 4.79 Å². The maximum absolute atomic E-state index is 11.4. The van der Waals surface area contributed by atoms with Gasteiger partial charge in [0.25, 0.3) is 0 Å². The molecule has 0 N–H and O–H groups in total. The molecule has 0 spiro atoms. The van der Waals surface area contributed by atoms with Crippen LogP contribution in [0.5, 0.6) is 0 Å². The lowest BCUT2D eigenvalue weighted by molar-refractivity contribution is -0.129.